The Morgan fingerprint density at radius 1 is 1.44 bits per heavy atom. The predicted molar refractivity (Wildman–Crippen MR) is 56.2 cm³/mol. The highest BCUT2D eigenvalue weighted by atomic mass is 16.4. The molecule has 1 aromatic heterocycles. The smallest absolute Gasteiger partial charge is 0.352 e. The Hall–Kier alpha value is -2.61. The lowest BCUT2D eigenvalue weighted by molar-refractivity contribution is 0.0691. The second-order valence-electron chi connectivity index (χ2n) is 3.19. The topological polar surface area (TPSA) is 93.9 Å². The molecule has 0 amide bonds. The minimum atomic E-state index is -1.21. The number of carboxylic acid groups (broad SMARTS) is 1. The molecule has 0 saturated carbocycles. The second kappa shape index (κ2) is 3.51. The van der Waals surface area contributed by atoms with Crippen molar-refractivity contribution < 1.29 is 9.90 Å². The molecule has 0 atom stereocenters. The first kappa shape index (κ1) is 9.93. The Morgan fingerprint density at radius 3 is 2.81 bits per heavy atom. The molecular formula is C11H6N2O3. The molecule has 78 valence electrons. The third kappa shape index (κ3) is 1.42. The largest absolute Gasteiger partial charge is 0.477 e. The first-order valence-corrected chi connectivity index (χ1v) is 4.43. The number of nitrogens with zero attached hydrogens (tertiary/aromatic N) is 1. The van der Waals surface area contributed by atoms with E-state index in [2.05, 4.69) is 4.98 Å². The second-order valence-corrected chi connectivity index (χ2v) is 3.19. The molecule has 5 heteroatoms. The van der Waals surface area contributed by atoms with E-state index in [4.69, 9.17) is 10.4 Å². The van der Waals surface area contributed by atoms with E-state index in [0.717, 1.165) is 6.07 Å². The van der Waals surface area contributed by atoms with Crippen LogP contribution in [0.3, 0.4) is 0 Å². The Bertz CT molecular complexity index is 680. The zero-order valence-electron chi connectivity index (χ0n) is 8.02. The molecule has 0 spiro atoms. The summed E-state index contributed by atoms with van der Waals surface area (Å²) in [6.45, 7) is 0. The number of aromatic carboxylic acids is 1. The van der Waals surface area contributed by atoms with Crippen LogP contribution in [0, 0.1) is 11.3 Å². The normalized spacial score (nSPS) is 9.94. The Balaban J connectivity index is 2.93. The molecule has 0 aliphatic heterocycles. The number of nitrogens with one attached hydrogen (secondary N) is 1. The van der Waals surface area contributed by atoms with Crippen LogP contribution >= 0.6 is 0 Å². The van der Waals surface area contributed by atoms with Gasteiger partial charge in [0.1, 0.15) is 5.69 Å². The van der Waals surface area contributed by atoms with E-state index in [-0.39, 0.29) is 16.6 Å². The van der Waals surface area contributed by atoms with Crippen molar-refractivity contribution in [2.24, 2.45) is 0 Å². The highest BCUT2D eigenvalue weighted by Crippen LogP contribution is 2.12. The molecule has 0 aliphatic rings. The summed E-state index contributed by atoms with van der Waals surface area (Å²) in [5.41, 5.74) is -0.0736. The number of aromatic nitrogens is 1. The van der Waals surface area contributed by atoms with Gasteiger partial charge in [0.05, 0.1) is 22.5 Å². The molecule has 0 aliphatic carbocycles. The molecule has 0 bridgehead atoms. The summed E-state index contributed by atoms with van der Waals surface area (Å²) >= 11 is 0. The van der Waals surface area contributed by atoms with E-state index in [1.165, 1.54) is 6.07 Å². The fourth-order valence-corrected chi connectivity index (χ4v) is 1.51. The van der Waals surface area contributed by atoms with Gasteiger partial charge in [0.2, 0.25) is 0 Å². The van der Waals surface area contributed by atoms with Gasteiger partial charge in [0, 0.05) is 6.07 Å². The molecule has 16 heavy (non-hydrogen) atoms. The molecule has 0 fully saturated rings. The first-order valence-electron chi connectivity index (χ1n) is 4.43. The van der Waals surface area contributed by atoms with Crippen molar-refractivity contribution in [1.82, 2.24) is 4.98 Å². The maximum atomic E-state index is 11.6. The number of carboxylic acids is 1. The molecule has 2 N–H and O–H groups in total. The van der Waals surface area contributed by atoms with Gasteiger partial charge >= 0.3 is 5.97 Å². The number of H-pyrrole nitrogens is 1. The van der Waals surface area contributed by atoms with Crippen molar-refractivity contribution in [1.29, 1.82) is 5.26 Å². The van der Waals surface area contributed by atoms with Crippen molar-refractivity contribution in [2.75, 3.05) is 0 Å². The van der Waals surface area contributed by atoms with Crippen LogP contribution in [0.5, 0.6) is 0 Å². The highest BCUT2D eigenvalue weighted by Gasteiger charge is 2.10. The number of hydrogen-bond acceptors (Lipinski definition) is 3. The van der Waals surface area contributed by atoms with Gasteiger partial charge in [-0.2, -0.15) is 5.26 Å². The third-order valence-corrected chi connectivity index (χ3v) is 2.21. The van der Waals surface area contributed by atoms with E-state index in [0.29, 0.717) is 5.52 Å². The van der Waals surface area contributed by atoms with Crippen molar-refractivity contribution >= 4 is 16.9 Å². The fourth-order valence-electron chi connectivity index (χ4n) is 1.51. The molecule has 5 nitrogen and oxygen atoms in total. The summed E-state index contributed by atoms with van der Waals surface area (Å²) in [6.07, 6.45) is 0. The van der Waals surface area contributed by atoms with Crippen LogP contribution in [0.4, 0.5) is 0 Å². The SMILES string of the molecule is N#Cc1cccc2[nH]c(C(=O)O)cc(=O)c12. The van der Waals surface area contributed by atoms with Crippen molar-refractivity contribution in [2.45, 2.75) is 0 Å². The first-order chi connectivity index (χ1) is 7.63. The van der Waals surface area contributed by atoms with E-state index < -0.39 is 11.4 Å². The van der Waals surface area contributed by atoms with Gasteiger partial charge < -0.3 is 10.1 Å². The minimum absolute atomic E-state index is 0.187. The van der Waals surface area contributed by atoms with Gasteiger partial charge in [-0.25, -0.2) is 4.79 Å². The lowest BCUT2D eigenvalue weighted by atomic mass is 10.1. The minimum Gasteiger partial charge on any atom is -0.477 e. The molecular weight excluding hydrogens is 208 g/mol. The Morgan fingerprint density at radius 2 is 2.19 bits per heavy atom. The molecule has 2 aromatic rings. The van der Waals surface area contributed by atoms with Gasteiger partial charge in [0.15, 0.2) is 5.43 Å². The average Bonchev–Trinajstić information content (AvgIpc) is 2.27. The molecule has 1 aromatic carbocycles. The number of hydrogen-bond donors (Lipinski definition) is 2. The number of fused-ring (bicyclic) bond motifs is 1. The quantitative estimate of drug-likeness (QED) is 0.743. The van der Waals surface area contributed by atoms with Gasteiger partial charge in [0.25, 0.3) is 0 Å². The van der Waals surface area contributed by atoms with E-state index in [1.54, 1.807) is 12.1 Å². The predicted octanol–water partition coefficient (Wildman–Crippen LogP) is 1.10. The zero-order chi connectivity index (χ0) is 11.7. The fraction of sp³-hybridized carbons (Fsp3) is 0. The van der Waals surface area contributed by atoms with Crippen LogP contribution in [0.25, 0.3) is 10.9 Å². The third-order valence-electron chi connectivity index (χ3n) is 2.21. The molecule has 0 unspecified atom stereocenters. The van der Waals surface area contributed by atoms with Crippen LogP contribution in [-0.4, -0.2) is 16.1 Å². The van der Waals surface area contributed by atoms with Gasteiger partial charge in [-0.05, 0) is 12.1 Å². The molecule has 0 saturated heterocycles. The van der Waals surface area contributed by atoms with Gasteiger partial charge in [-0.3, -0.25) is 4.79 Å². The van der Waals surface area contributed by atoms with E-state index in [1.807, 2.05) is 6.07 Å². The molecule has 1 heterocycles. The maximum Gasteiger partial charge on any atom is 0.352 e. The maximum absolute atomic E-state index is 11.6. The summed E-state index contributed by atoms with van der Waals surface area (Å²) in [5, 5.41) is 17.8. The number of carbonyl (C=O) groups is 1. The number of pyridine rings is 1. The summed E-state index contributed by atoms with van der Waals surface area (Å²) in [6, 6.07) is 7.53. The summed E-state index contributed by atoms with van der Waals surface area (Å²) in [5.74, 6) is -1.21. The Labute approximate surface area is 89.6 Å². The lowest BCUT2D eigenvalue weighted by Gasteiger charge is -2.01. The highest BCUT2D eigenvalue weighted by molar-refractivity contribution is 5.91. The Kier molecular flexibility index (Phi) is 2.18. The van der Waals surface area contributed by atoms with E-state index in [9.17, 15) is 9.59 Å². The van der Waals surface area contributed by atoms with Gasteiger partial charge in [-0.1, -0.05) is 6.07 Å². The van der Waals surface area contributed by atoms with E-state index >= 15 is 0 Å². The monoisotopic (exact) mass is 214 g/mol. The summed E-state index contributed by atoms with van der Waals surface area (Å²) in [7, 11) is 0. The number of nitriles is 1. The standard InChI is InChI=1S/C11H6N2O3/c12-5-6-2-1-3-7-10(6)9(14)4-8(13-7)11(15)16/h1-4H,(H,13,14)(H,15,16). The van der Waals surface area contributed by atoms with Crippen LogP contribution in [0.1, 0.15) is 16.1 Å². The lowest BCUT2D eigenvalue weighted by Crippen LogP contribution is -2.10. The van der Waals surface area contributed by atoms with Crippen LogP contribution in [0.2, 0.25) is 0 Å². The average molecular weight is 214 g/mol. The number of aromatic amines is 1. The van der Waals surface area contributed by atoms with Crippen LogP contribution in [-0.2, 0) is 0 Å². The molecule has 2 rings (SSSR count). The van der Waals surface area contributed by atoms with Crippen molar-refractivity contribution in [3.8, 4) is 6.07 Å². The number of rotatable bonds is 1. The zero-order valence-corrected chi connectivity index (χ0v) is 8.02. The summed E-state index contributed by atoms with van der Waals surface area (Å²) in [4.78, 5) is 25.0. The molecule has 0 radical (unpaired) electrons. The number of benzene rings is 1. The van der Waals surface area contributed by atoms with Crippen LogP contribution in [0.15, 0.2) is 29.1 Å². The summed E-state index contributed by atoms with van der Waals surface area (Å²) < 4.78 is 0. The van der Waals surface area contributed by atoms with Gasteiger partial charge in [-0.15, -0.1) is 0 Å². The van der Waals surface area contributed by atoms with Crippen LogP contribution < -0.4 is 5.43 Å². The van der Waals surface area contributed by atoms with Crippen molar-refractivity contribution in [3.63, 3.8) is 0 Å². The van der Waals surface area contributed by atoms with Crippen molar-refractivity contribution in [3.05, 3.63) is 45.7 Å².